The third-order valence-corrected chi connectivity index (χ3v) is 15.9. The predicted molar refractivity (Wildman–Crippen MR) is 359 cm³/mol. The smallest absolute Gasteiger partial charge is 0.396 e. The van der Waals surface area contributed by atoms with Gasteiger partial charge in [-0.2, -0.15) is 0 Å². The minimum Gasteiger partial charge on any atom is -0.396 e. The van der Waals surface area contributed by atoms with Gasteiger partial charge < -0.3 is 75.8 Å². The molecule has 30 nitrogen and oxygen atoms in total. The van der Waals surface area contributed by atoms with Crippen LogP contribution in [0.4, 0.5) is 5.69 Å². The third-order valence-electron chi connectivity index (χ3n) is 13.7. The number of amides is 9. The summed E-state index contributed by atoms with van der Waals surface area (Å²) < 4.78 is 53.5. The number of fused-ring (bicyclic) bond motifs is 2. The number of unbranched alkanes of at least 4 members (excludes halogenated alkanes) is 3. The summed E-state index contributed by atoms with van der Waals surface area (Å²) in [7, 11) is -2.92. The highest BCUT2D eigenvalue weighted by Crippen LogP contribution is 2.42. The number of nitrogens with two attached hydrogens (primary N) is 2. The van der Waals surface area contributed by atoms with Gasteiger partial charge in [-0.1, -0.05) is 83.0 Å². The van der Waals surface area contributed by atoms with Crippen LogP contribution in [-0.2, 0) is 91.7 Å². The van der Waals surface area contributed by atoms with Gasteiger partial charge in [0.2, 0.25) is 53.2 Å². The summed E-state index contributed by atoms with van der Waals surface area (Å²) in [5, 5.41) is 16.9. The number of phosphoric ester groups is 1. The van der Waals surface area contributed by atoms with E-state index in [9.17, 15) is 52.6 Å². The Bertz CT molecular complexity index is 2730. The van der Waals surface area contributed by atoms with Crippen molar-refractivity contribution in [3.05, 3.63) is 65.2 Å². The van der Waals surface area contributed by atoms with Crippen LogP contribution >= 0.6 is 19.6 Å². The molecule has 0 saturated carbocycles. The van der Waals surface area contributed by atoms with Crippen molar-refractivity contribution in [3.63, 3.8) is 0 Å². The molecule has 9 amide bonds. The summed E-state index contributed by atoms with van der Waals surface area (Å²) in [5.41, 5.74) is 9.35. The molecule has 0 bridgehead atoms. The van der Waals surface area contributed by atoms with Crippen LogP contribution < -0.4 is 48.4 Å². The number of benzene rings is 2. The molecule has 32 heteroatoms. The lowest BCUT2D eigenvalue weighted by Gasteiger charge is -2.33. The molecular formula is C63H104N11O19PS. The normalized spacial score (nSPS) is 15.0. The first-order valence-corrected chi connectivity index (χ1v) is 34.9. The van der Waals surface area contributed by atoms with Gasteiger partial charge in [0.1, 0.15) is 12.6 Å². The molecule has 0 radical (unpaired) electrons. The zero-order valence-electron chi connectivity index (χ0n) is 56.3. The second kappa shape index (κ2) is 50.7. The maximum Gasteiger partial charge on any atom is 0.471 e. The quantitative estimate of drug-likeness (QED) is 0.0151. The van der Waals surface area contributed by atoms with E-state index in [1.54, 1.807) is 53.4 Å². The second-order valence-electron chi connectivity index (χ2n) is 20.7. The Morgan fingerprint density at radius 3 is 1.73 bits per heavy atom. The number of hydrogen-bond acceptors (Lipinski definition) is 22. The molecule has 3 atom stereocenters. The van der Waals surface area contributed by atoms with Gasteiger partial charge in [0, 0.05) is 97.0 Å². The van der Waals surface area contributed by atoms with Gasteiger partial charge in [-0.25, -0.2) is 10.4 Å². The first-order chi connectivity index (χ1) is 45.8. The Morgan fingerprint density at radius 2 is 1.15 bits per heavy atom. The minimum atomic E-state index is -4.01. The summed E-state index contributed by atoms with van der Waals surface area (Å²) in [5.74, 6) is 3.94. The number of hydrazine groups is 1. The molecule has 95 heavy (non-hydrogen) atoms. The van der Waals surface area contributed by atoms with Crippen molar-refractivity contribution in [2.24, 2.45) is 11.6 Å². The highest BCUT2D eigenvalue weighted by atomic mass is 32.2. The Hall–Kier alpha value is -6.61. The van der Waals surface area contributed by atoms with Gasteiger partial charge in [-0.3, -0.25) is 62.1 Å². The van der Waals surface area contributed by atoms with Crippen molar-refractivity contribution in [3.8, 4) is 0 Å². The van der Waals surface area contributed by atoms with Crippen LogP contribution in [0.5, 0.6) is 0 Å². The molecule has 1 saturated heterocycles. The van der Waals surface area contributed by atoms with Crippen LogP contribution in [0.15, 0.2) is 48.5 Å². The van der Waals surface area contributed by atoms with Gasteiger partial charge in [-0.05, 0) is 36.6 Å². The molecule has 0 spiro atoms. The molecule has 4 rings (SSSR count). The molecule has 2 aromatic carbocycles. The van der Waals surface area contributed by atoms with Gasteiger partial charge in [0.15, 0.2) is 0 Å². The molecule has 2 aliphatic rings. The van der Waals surface area contributed by atoms with Crippen molar-refractivity contribution in [2.45, 2.75) is 117 Å². The van der Waals surface area contributed by atoms with E-state index in [0.29, 0.717) is 93.9 Å². The Labute approximate surface area is 562 Å². The van der Waals surface area contributed by atoms with Crippen molar-refractivity contribution in [1.29, 1.82) is 0 Å². The molecule has 1 fully saturated rings. The molecule has 2 aromatic rings. The minimum absolute atomic E-state index is 0.0296. The Morgan fingerprint density at radius 1 is 0.642 bits per heavy atom. The maximum absolute atomic E-state index is 14.2. The van der Waals surface area contributed by atoms with E-state index in [1.807, 2.05) is 27.7 Å². The third kappa shape index (κ3) is 35.3. The van der Waals surface area contributed by atoms with Crippen molar-refractivity contribution in [1.82, 2.24) is 41.8 Å². The van der Waals surface area contributed by atoms with Crippen LogP contribution in [0.1, 0.15) is 116 Å². The first-order valence-electron chi connectivity index (χ1n) is 32.4. The Balaban J connectivity index is 0.00000753. The number of hydrogen-bond donors (Lipinski definition) is 9. The summed E-state index contributed by atoms with van der Waals surface area (Å²) in [4.78, 5) is 128. The molecule has 0 aromatic heterocycles. The zero-order valence-corrected chi connectivity index (χ0v) is 58.1. The average molecular weight is 1380 g/mol. The van der Waals surface area contributed by atoms with Crippen molar-refractivity contribution in [2.75, 3.05) is 149 Å². The lowest BCUT2D eigenvalue weighted by molar-refractivity contribution is -0.139. The topological polar surface area (TPSA) is 399 Å². The van der Waals surface area contributed by atoms with Crippen LogP contribution in [-0.4, -0.2) is 224 Å². The van der Waals surface area contributed by atoms with Crippen LogP contribution in [0.2, 0.25) is 0 Å². The number of anilines is 1. The van der Waals surface area contributed by atoms with Crippen molar-refractivity contribution < 1.29 is 90.1 Å². The zero-order chi connectivity index (χ0) is 70.2. The molecule has 0 aliphatic carbocycles. The molecular weight excluding hydrogens is 1280 g/mol. The van der Waals surface area contributed by atoms with E-state index in [0.717, 1.165) is 36.3 Å². The lowest BCUT2D eigenvalue weighted by atomic mass is 9.95. The largest absolute Gasteiger partial charge is 0.471 e. The van der Waals surface area contributed by atoms with Gasteiger partial charge in [0.25, 0.3) is 0 Å². The van der Waals surface area contributed by atoms with Gasteiger partial charge in [-0.15, -0.1) is 11.8 Å². The number of likely N-dealkylation sites (tertiary alicyclic amines) is 1. The highest BCUT2D eigenvalue weighted by molar-refractivity contribution is 8.00. The van der Waals surface area contributed by atoms with E-state index < -0.39 is 49.3 Å². The number of nitrogens with one attached hydrogen (secondary N) is 6. The number of phosphoric acid groups is 1. The first kappa shape index (κ1) is 84.5. The maximum atomic E-state index is 14.2. The summed E-state index contributed by atoms with van der Waals surface area (Å²) in [6.07, 6.45) is 2.36. The fourth-order valence-electron chi connectivity index (χ4n) is 9.09. The van der Waals surface area contributed by atoms with Gasteiger partial charge >= 0.3 is 7.82 Å². The number of imide groups is 1. The fourth-order valence-corrected chi connectivity index (χ4v) is 10.7. The molecule has 2 aliphatic heterocycles. The van der Waals surface area contributed by atoms with E-state index in [1.165, 1.54) is 25.6 Å². The van der Waals surface area contributed by atoms with Crippen LogP contribution in [0.3, 0.4) is 0 Å². The van der Waals surface area contributed by atoms with Crippen LogP contribution in [0, 0.1) is 0 Å². The number of ether oxygens (including phenoxy) is 6. The molecule has 536 valence electrons. The second-order valence-corrected chi connectivity index (χ2v) is 23.6. The number of thioether (sulfide) groups is 1. The van der Waals surface area contributed by atoms with E-state index >= 15 is 0 Å². The number of carbonyl (C=O) groups excluding carboxylic acids is 9. The number of nitrogens with zero attached hydrogens (tertiary/aromatic N) is 3. The number of para-hydroxylation sites is 1. The number of carbonyl (C=O) groups is 9. The monoisotopic (exact) mass is 1380 g/mol. The Kier molecular flexibility index (Phi) is 45.1. The fraction of sp³-hybridized carbons (Fsp3) is 0.635. The summed E-state index contributed by atoms with van der Waals surface area (Å²) in [6, 6.07) is 12.8. The lowest BCUT2D eigenvalue weighted by Crippen LogP contribution is -2.51. The SMILES string of the molecule is CC.CC.COP(=O)(O)OCCCCCCSC1CC(=O)N(CCC(=O)NCCC(=O)N2Cc3ccccc3/C(N(N)CC(=O)NC(CCC(=O)NCCOCCOCCOCCNC(C)=O)C(=O)NCCOCCOCCOCCNC(C)=O)=C(/N)c3ccccc32)C1=O. The van der Waals surface area contributed by atoms with E-state index in [-0.39, 0.29) is 145 Å². The van der Waals surface area contributed by atoms with Crippen LogP contribution in [0.25, 0.3) is 11.4 Å². The molecule has 11 N–H and O–H groups in total. The van der Waals surface area contributed by atoms with E-state index in [4.69, 9.17) is 44.5 Å². The standard InChI is InChI=1S/C59H92N11O19PS.2C2H6/c1-43(71)62-21-27-83-31-35-87-37-33-85-29-23-65-51(73)17-16-48(58(78)66-24-30-86-34-38-88-36-32-84-28-22-63-44(2)72)67-53(75)42-70(61)57-46-13-7-6-12-45(46)41-69(49-15-9-8-14-47(49)56(57)60)54(76)18-20-64-52(74)19-25-68-55(77)40-50(59(68)79)91-39-11-5-4-10-26-89-90(80,81)82-3;2*1-2/h6-9,12-15,48,50H,4-5,10-11,16-42,60-61H2,1-3H3,(H,62,71)(H,63,72)(H,64,74)(H,65,73)(H,66,78)(H,67,75)(H,80,81);2*1-2H3/b57-56-;;. The summed E-state index contributed by atoms with van der Waals surface area (Å²) in [6.45, 7) is 14.7. The molecule has 2 heterocycles. The molecule has 3 unspecified atom stereocenters. The number of rotatable bonds is 48. The average Bonchev–Trinajstić information content (AvgIpc) is 1.37. The summed E-state index contributed by atoms with van der Waals surface area (Å²) >= 11 is 1.38. The van der Waals surface area contributed by atoms with E-state index in [2.05, 4.69) is 36.4 Å². The highest BCUT2D eigenvalue weighted by Gasteiger charge is 2.39. The predicted octanol–water partition coefficient (Wildman–Crippen LogP) is 2.50. The van der Waals surface area contributed by atoms with Gasteiger partial charge in [0.05, 0.1) is 115 Å². The van der Waals surface area contributed by atoms with Crippen molar-refractivity contribution >= 4 is 89.8 Å².